The summed E-state index contributed by atoms with van der Waals surface area (Å²) in [5.41, 5.74) is 6.94. The van der Waals surface area contributed by atoms with Crippen molar-refractivity contribution in [3.8, 4) is 5.75 Å². The summed E-state index contributed by atoms with van der Waals surface area (Å²) in [5, 5.41) is 0. The Bertz CT molecular complexity index is 877. The van der Waals surface area contributed by atoms with Gasteiger partial charge in [0.1, 0.15) is 5.75 Å². The third kappa shape index (κ3) is 7.15. The fourth-order valence-electron chi connectivity index (χ4n) is 3.43. The van der Waals surface area contributed by atoms with Crippen LogP contribution in [0, 0.1) is 0 Å². The number of benzene rings is 2. The maximum absolute atomic E-state index is 12.1. The molecule has 0 aromatic heterocycles. The summed E-state index contributed by atoms with van der Waals surface area (Å²) in [4.78, 5) is 28.7. The number of hydrazine groups is 1. The van der Waals surface area contributed by atoms with Gasteiger partial charge in [0, 0.05) is 56.5 Å². The second-order valence-corrected chi connectivity index (χ2v) is 7.26. The number of amides is 2. The molecular weight excluding hydrogens is 392 g/mol. The number of hydrogen-bond acceptors (Lipinski definition) is 5. The monoisotopic (exact) mass is 422 g/mol. The van der Waals surface area contributed by atoms with Crippen LogP contribution in [0.25, 0.3) is 6.08 Å². The number of nitrogens with one attached hydrogen (secondary N) is 2. The summed E-state index contributed by atoms with van der Waals surface area (Å²) in [7, 11) is 0. The van der Waals surface area contributed by atoms with Crippen molar-refractivity contribution in [1.82, 2.24) is 15.8 Å². The molecule has 0 radical (unpaired) electrons. The van der Waals surface area contributed by atoms with Gasteiger partial charge in [-0.15, -0.1) is 0 Å². The van der Waals surface area contributed by atoms with Crippen molar-refractivity contribution >= 4 is 23.6 Å². The lowest BCUT2D eigenvalue weighted by molar-refractivity contribution is -0.127. The number of rotatable bonds is 8. The van der Waals surface area contributed by atoms with Crippen LogP contribution in [-0.4, -0.2) is 56.0 Å². The Hall–Kier alpha value is -3.32. The summed E-state index contributed by atoms with van der Waals surface area (Å²) in [5.74, 6) is 0.114. The Balaban J connectivity index is 1.35. The summed E-state index contributed by atoms with van der Waals surface area (Å²) in [6.07, 6.45) is 3.38. The number of carbonyl (C=O) groups excluding carboxylic acids is 2. The van der Waals surface area contributed by atoms with Gasteiger partial charge in [0.05, 0.1) is 6.61 Å². The number of hydrogen-bond donors (Lipinski definition) is 2. The molecule has 0 atom stereocenters. The number of ether oxygens (including phenoxy) is 1. The third-order valence-corrected chi connectivity index (χ3v) is 5.11. The van der Waals surface area contributed by atoms with E-state index in [9.17, 15) is 9.59 Å². The molecule has 0 spiro atoms. The van der Waals surface area contributed by atoms with Crippen LogP contribution >= 0.6 is 0 Å². The van der Waals surface area contributed by atoms with Crippen molar-refractivity contribution in [3.05, 3.63) is 66.2 Å². The highest BCUT2D eigenvalue weighted by atomic mass is 16.5. The molecule has 0 saturated carbocycles. The summed E-state index contributed by atoms with van der Waals surface area (Å²) < 4.78 is 5.53. The molecule has 1 aliphatic rings. The average molecular weight is 423 g/mol. The van der Waals surface area contributed by atoms with E-state index in [1.807, 2.05) is 49.4 Å². The molecule has 2 N–H and O–H groups in total. The lowest BCUT2D eigenvalue weighted by Gasteiger charge is -2.36. The van der Waals surface area contributed by atoms with Crippen LogP contribution in [0.4, 0.5) is 5.69 Å². The highest BCUT2D eigenvalue weighted by molar-refractivity contribution is 5.93. The zero-order valence-corrected chi connectivity index (χ0v) is 17.9. The maximum atomic E-state index is 12.1. The van der Waals surface area contributed by atoms with Gasteiger partial charge in [0.25, 0.3) is 5.91 Å². The molecule has 3 rings (SSSR count). The predicted molar refractivity (Wildman–Crippen MR) is 123 cm³/mol. The zero-order valence-electron chi connectivity index (χ0n) is 17.9. The first kappa shape index (κ1) is 22.4. The average Bonchev–Trinajstić information content (AvgIpc) is 2.82. The van der Waals surface area contributed by atoms with E-state index in [0.29, 0.717) is 25.3 Å². The maximum Gasteiger partial charge on any atom is 0.262 e. The summed E-state index contributed by atoms with van der Waals surface area (Å²) >= 11 is 0. The number of anilines is 1. The van der Waals surface area contributed by atoms with Crippen LogP contribution in [0.1, 0.15) is 18.9 Å². The molecule has 7 nitrogen and oxygen atoms in total. The van der Waals surface area contributed by atoms with Gasteiger partial charge in [-0.2, -0.15) is 0 Å². The molecule has 2 aromatic rings. The Morgan fingerprint density at radius 3 is 2.42 bits per heavy atom. The van der Waals surface area contributed by atoms with Crippen molar-refractivity contribution < 1.29 is 14.3 Å². The van der Waals surface area contributed by atoms with Crippen molar-refractivity contribution in [3.63, 3.8) is 0 Å². The van der Waals surface area contributed by atoms with E-state index in [0.717, 1.165) is 31.7 Å². The molecule has 1 aliphatic heterocycles. The quantitative estimate of drug-likeness (QED) is 0.505. The molecule has 1 heterocycles. The topological polar surface area (TPSA) is 73.9 Å². The van der Waals surface area contributed by atoms with Gasteiger partial charge in [-0.1, -0.05) is 36.4 Å². The second-order valence-electron chi connectivity index (χ2n) is 7.26. The van der Waals surface area contributed by atoms with Gasteiger partial charge >= 0.3 is 0 Å². The van der Waals surface area contributed by atoms with Crippen molar-refractivity contribution in [1.29, 1.82) is 0 Å². The molecule has 164 valence electrons. The highest BCUT2D eigenvalue weighted by Gasteiger charge is 2.17. The van der Waals surface area contributed by atoms with E-state index < -0.39 is 5.91 Å². The van der Waals surface area contributed by atoms with E-state index in [2.05, 4.69) is 32.8 Å². The molecule has 1 saturated heterocycles. The molecule has 0 unspecified atom stereocenters. The third-order valence-electron chi connectivity index (χ3n) is 5.11. The van der Waals surface area contributed by atoms with Gasteiger partial charge in [-0.3, -0.25) is 25.3 Å². The minimum Gasteiger partial charge on any atom is -0.493 e. The fraction of sp³-hybridized carbons (Fsp3) is 0.333. The largest absolute Gasteiger partial charge is 0.493 e. The molecule has 0 bridgehead atoms. The zero-order chi connectivity index (χ0) is 21.9. The molecule has 1 fully saturated rings. The molecule has 0 aliphatic carbocycles. The van der Waals surface area contributed by atoms with Crippen LogP contribution in [0.2, 0.25) is 0 Å². The van der Waals surface area contributed by atoms with E-state index in [1.165, 1.54) is 11.8 Å². The molecule has 31 heavy (non-hydrogen) atoms. The minimum absolute atomic E-state index is 0.207. The Morgan fingerprint density at radius 1 is 0.968 bits per heavy atom. The van der Waals surface area contributed by atoms with Crippen molar-refractivity contribution in [2.45, 2.75) is 13.3 Å². The molecule has 2 aromatic carbocycles. The molecule has 2 amide bonds. The SMILES string of the molecule is CCOc1ccccc1/C=C/C(=O)NNC(=O)CCN1CCN(c2ccccc2)CC1. The van der Waals surface area contributed by atoms with Gasteiger partial charge < -0.3 is 9.64 Å². The second kappa shape index (κ2) is 11.8. The first-order chi connectivity index (χ1) is 15.2. The Morgan fingerprint density at radius 2 is 1.68 bits per heavy atom. The smallest absolute Gasteiger partial charge is 0.262 e. The van der Waals surface area contributed by atoms with Crippen LogP contribution in [0.5, 0.6) is 5.75 Å². The van der Waals surface area contributed by atoms with E-state index in [4.69, 9.17) is 4.74 Å². The van der Waals surface area contributed by atoms with Crippen molar-refractivity contribution in [2.24, 2.45) is 0 Å². The van der Waals surface area contributed by atoms with Gasteiger partial charge in [-0.25, -0.2) is 0 Å². The van der Waals surface area contributed by atoms with Crippen LogP contribution in [0.15, 0.2) is 60.7 Å². The van der Waals surface area contributed by atoms with Gasteiger partial charge in [0.2, 0.25) is 5.91 Å². The fourth-order valence-corrected chi connectivity index (χ4v) is 3.43. The lowest BCUT2D eigenvalue weighted by atomic mass is 10.2. The highest BCUT2D eigenvalue weighted by Crippen LogP contribution is 2.19. The van der Waals surface area contributed by atoms with Crippen molar-refractivity contribution in [2.75, 3.05) is 44.2 Å². The van der Waals surface area contributed by atoms with Crippen LogP contribution < -0.4 is 20.5 Å². The van der Waals surface area contributed by atoms with E-state index in [-0.39, 0.29) is 5.91 Å². The first-order valence-electron chi connectivity index (χ1n) is 10.7. The number of piperazine rings is 1. The van der Waals surface area contributed by atoms with Crippen LogP contribution in [-0.2, 0) is 9.59 Å². The summed E-state index contributed by atoms with van der Waals surface area (Å²) in [6.45, 7) is 6.84. The Labute approximate surface area is 183 Å². The first-order valence-corrected chi connectivity index (χ1v) is 10.7. The van der Waals surface area contributed by atoms with Gasteiger partial charge in [0.15, 0.2) is 0 Å². The molecular formula is C24H30N4O3. The number of carbonyl (C=O) groups is 2. The number of nitrogens with zero attached hydrogens (tertiary/aromatic N) is 2. The Kier molecular flexibility index (Phi) is 8.48. The number of para-hydroxylation sites is 2. The standard InChI is InChI=1S/C24H30N4O3/c1-2-31-22-11-7-6-8-20(22)12-13-23(29)25-26-24(30)14-15-27-16-18-28(19-17-27)21-9-4-3-5-10-21/h3-13H,2,14-19H2,1H3,(H,25,29)(H,26,30)/b13-12+. The lowest BCUT2D eigenvalue weighted by Crippen LogP contribution is -2.48. The van der Waals surface area contributed by atoms with Crippen LogP contribution in [0.3, 0.4) is 0 Å². The minimum atomic E-state index is -0.392. The van der Waals surface area contributed by atoms with Gasteiger partial charge in [-0.05, 0) is 31.2 Å². The predicted octanol–water partition coefficient (Wildman–Crippen LogP) is 2.46. The normalized spacial score (nSPS) is 14.4. The van der Waals surface area contributed by atoms with E-state index in [1.54, 1.807) is 6.08 Å². The summed E-state index contributed by atoms with van der Waals surface area (Å²) in [6, 6.07) is 17.8. The molecule has 7 heteroatoms. The van der Waals surface area contributed by atoms with E-state index >= 15 is 0 Å².